The summed E-state index contributed by atoms with van der Waals surface area (Å²) in [4.78, 5) is 2.73. The minimum absolute atomic E-state index is 0.788. The van der Waals surface area contributed by atoms with Crippen LogP contribution in [0, 0.1) is 5.92 Å². The van der Waals surface area contributed by atoms with Crippen molar-refractivity contribution >= 4 is 0 Å². The molecule has 0 aromatic rings. The van der Waals surface area contributed by atoms with Gasteiger partial charge in [-0.1, -0.05) is 6.92 Å². The molecule has 0 spiro atoms. The highest BCUT2D eigenvalue weighted by molar-refractivity contribution is 4.82. The minimum atomic E-state index is 0.788. The topological polar surface area (TPSA) is 15.3 Å². The summed E-state index contributed by atoms with van der Waals surface area (Å²) in [6, 6.07) is 1.67. The zero-order valence-corrected chi connectivity index (χ0v) is 11.8. The van der Waals surface area contributed by atoms with Crippen LogP contribution in [-0.2, 0) is 0 Å². The Hall–Kier alpha value is -0.0800. The van der Waals surface area contributed by atoms with Gasteiger partial charge in [-0.25, -0.2) is 0 Å². The molecule has 0 bridgehead atoms. The first kappa shape index (κ1) is 13.4. The van der Waals surface area contributed by atoms with Gasteiger partial charge in [0, 0.05) is 18.6 Å². The summed E-state index contributed by atoms with van der Waals surface area (Å²) < 4.78 is 0. The molecule has 2 aliphatic rings. The van der Waals surface area contributed by atoms with Crippen LogP contribution in [0.25, 0.3) is 0 Å². The molecule has 17 heavy (non-hydrogen) atoms. The molecule has 2 aliphatic carbocycles. The van der Waals surface area contributed by atoms with Gasteiger partial charge >= 0.3 is 0 Å². The van der Waals surface area contributed by atoms with Crippen LogP contribution in [0.1, 0.15) is 58.8 Å². The SMILES string of the molecule is CCCN(CC1CC1)C(C)CCCNC1CC1. The van der Waals surface area contributed by atoms with Crippen molar-refractivity contribution in [1.29, 1.82) is 0 Å². The van der Waals surface area contributed by atoms with Crippen LogP contribution in [0.15, 0.2) is 0 Å². The molecule has 0 radical (unpaired) electrons. The lowest BCUT2D eigenvalue weighted by Gasteiger charge is -2.29. The van der Waals surface area contributed by atoms with Crippen molar-refractivity contribution in [3.8, 4) is 0 Å². The third-order valence-corrected chi connectivity index (χ3v) is 4.13. The van der Waals surface area contributed by atoms with Crippen LogP contribution in [0.3, 0.4) is 0 Å². The molecule has 0 amide bonds. The summed E-state index contributed by atoms with van der Waals surface area (Å²) in [5.41, 5.74) is 0. The first-order valence-electron chi connectivity index (χ1n) is 7.77. The van der Waals surface area contributed by atoms with E-state index in [9.17, 15) is 0 Å². The quantitative estimate of drug-likeness (QED) is 0.589. The van der Waals surface area contributed by atoms with Gasteiger partial charge in [-0.2, -0.15) is 0 Å². The summed E-state index contributed by atoms with van der Waals surface area (Å²) in [5.74, 6) is 1.04. The summed E-state index contributed by atoms with van der Waals surface area (Å²) in [5, 5.41) is 3.62. The van der Waals surface area contributed by atoms with Gasteiger partial charge in [-0.05, 0) is 70.9 Å². The predicted molar refractivity (Wildman–Crippen MR) is 74.3 cm³/mol. The average molecular weight is 238 g/mol. The van der Waals surface area contributed by atoms with Gasteiger partial charge in [0.1, 0.15) is 0 Å². The van der Waals surface area contributed by atoms with Crippen molar-refractivity contribution in [2.24, 2.45) is 5.92 Å². The fraction of sp³-hybridized carbons (Fsp3) is 1.00. The third-order valence-electron chi connectivity index (χ3n) is 4.13. The van der Waals surface area contributed by atoms with E-state index >= 15 is 0 Å². The van der Waals surface area contributed by atoms with Gasteiger partial charge < -0.3 is 10.2 Å². The van der Waals surface area contributed by atoms with Gasteiger partial charge in [-0.15, -0.1) is 0 Å². The van der Waals surface area contributed by atoms with Crippen LogP contribution in [0.5, 0.6) is 0 Å². The van der Waals surface area contributed by atoms with E-state index in [0.717, 1.165) is 18.0 Å². The summed E-state index contributed by atoms with van der Waals surface area (Å²) in [7, 11) is 0. The van der Waals surface area contributed by atoms with Gasteiger partial charge in [0.05, 0.1) is 0 Å². The minimum Gasteiger partial charge on any atom is -0.314 e. The number of hydrogen-bond donors (Lipinski definition) is 1. The van der Waals surface area contributed by atoms with E-state index in [1.54, 1.807) is 0 Å². The number of hydrogen-bond acceptors (Lipinski definition) is 2. The number of nitrogens with one attached hydrogen (secondary N) is 1. The molecule has 1 N–H and O–H groups in total. The first-order chi connectivity index (χ1) is 8.29. The van der Waals surface area contributed by atoms with Gasteiger partial charge in [0.15, 0.2) is 0 Å². The van der Waals surface area contributed by atoms with E-state index in [2.05, 4.69) is 24.1 Å². The molecule has 2 saturated carbocycles. The van der Waals surface area contributed by atoms with Crippen LogP contribution in [0.2, 0.25) is 0 Å². The number of nitrogens with zero attached hydrogens (tertiary/aromatic N) is 1. The second-order valence-electron chi connectivity index (χ2n) is 6.16. The molecule has 2 rings (SSSR count). The van der Waals surface area contributed by atoms with E-state index in [1.807, 2.05) is 0 Å². The van der Waals surface area contributed by atoms with Crippen LogP contribution in [-0.4, -0.2) is 36.6 Å². The zero-order chi connectivity index (χ0) is 12.1. The molecule has 1 unspecified atom stereocenters. The van der Waals surface area contributed by atoms with Crippen molar-refractivity contribution in [3.63, 3.8) is 0 Å². The normalized spacial score (nSPS) is 22.1. The van der Waals surface area contributed by atoms with Crippen molar-refractivity contribution in [1.82, 2.24) is 10.2 Å². The smallest absolute Gasteiger partial charge is 0.00682 e. The maximum atomic E-state index is 3.62. The highest BCUT2D eigenvalue weighted by Gasteiger charge is 2.26. The fourth-order valence-corrected chi connectivity index (χ4v) is 2.58. The van der Waals surface area contributed by atoms with Crippen LogP contribution in [0.4, 0.5) is 0 Å². The molecule has 2 heteroatoms. The van der Waals surface area contributed by atoms with Crippen molar-refractivity contribution in [2.45, 2.75) is 70.9 Å². The molecule has 2 nitrogen and oxygen atoms in total. The lowest BCUT2D eigenvalue weighted by molar-refractivity contribution is 0.189. The molecule has 0 aromatic heterocycles. The zero-order valence-electron chi connectivity index (χ0n) is 11.8. The highest BCUT2D eigenvalue weighted by Crippen LogP contribution is 2.30. The Balaban J connectivity index is 1.57. The average Bonchev–Trinajstić information content (AvgIpc) is 3.17. The Morgan fingerprint density at radius 3 is 2.59 bits per heavy atom. The van der Waals surface area contributed by atoms with E-state index in [-0.39, 0.29) is 0 Å². The molecule has 0 aliphatic heterocycles. The maximum absolute atomic E-state index is 3.62. The van der Waals surface area contributed by atoms with E-state index in [4.69, 9.17) is 0 Å². The molecule has 0 saturated heterocycles. The largest absolute Gasteiger partial charge is 0.314 e. The molecular formula is C15H30N2. The number of rotatable bonds is 10. The predicted octanol–water partition coefficient (Wildman–Crippen LogP) is 3.03. The highest BCUT2D eigenvalue weighted by atomic mass is 15.2. The van der Waals surface area contributed by atoms with Crippen molar-refractivity contribution < 1.29 is 0 Å². The summed E-state index contributed by atoms with van der Waals surface area (Å²) in [6.07, 6.45) is 9.82. The van der Waals surface area contributed by atoms with E-state index < -0.39 is 0 Å². The Morgan fingerprint density at radius 2 is 2.00 bits per heavy atom. The molecule has 1 atom stereocenters. The second kappa shape index (κ2) is 6.75. The van der Waals surface area contributed by atoms with Crippen molar-refractivity contribution in [2.75, 3.05) is 19.6 Å². The lowest BCUT2D eigenvalue weighted by Crippen LogP contribution is -2.36. The molecular weight excluding hydrogens is 208 g/mol. The lowest BCUT2D eigenvalue weighted by atomic mass is 10.1. The summed E-state index contributed by atoms with van der Waals surface area (Å²) >= 11 is 0. The van der Waals surface area contributed by atoms with Crippen LogP contribution < -0.4 is 5.32 Å². The fourth-order valence-electron chi connectivity index (χ4n) is 2.58. The van der Waals surface area contributed by atoms with Crippen LogP contribution >= 0.6 is 0 Å². The van der Waals surface area contributed by atoms with Gasteiger partial charge in [0.2, 0.25) is 0 Å². The monoisotopic (exact) mass is 238 g/mol. The summed E-state index contributed by atoms with van der Waals surface area (Å²) in [6.45, 7) is 8.63. The second-order valence-corrected chi connectivity index (χ2v) is 6.16. The van der Waals surface area contributed by atoms with E-state index in [0.29, 0.717) is 0 Å². The maximum Gasteiger partial charge on any atom is 0.00682 e. The van der Waals surface area contributed by atoms with Crippen molar-refractivity contribution in [3.05, 3.63) is 0 Å². The van der Waals surface area contributed by atoms with E-state index in [1.165, 1.54) is 64.6 Å². The Morgan fingerprint density at radius 1 is 1.24 bits per heavy atom. The molecule has 2 fully saturated rings. The molecule has 0 heterocycles. The Kier molecular flexibility index (Phi) is 5.30. The van der Waals surface area contributed by atoms with Gasteiger partial charge in [0.25, 0.3) is 0 Å². The molecule has 100 valence electrons. The Bertz CT molecular complexity index is 209. The Labute approximate surface area is 107 Å². The van der Waals surface area contributed by atoms with Gasteiger partial charge in [-0.3, -0.25) is 0 Å². The first-order valence-corrected chi connectivity index (χ1v) is 7.77. The standard InChI is InChI=1S/C15H30N2/c1-3-11-17(12-14-6-7-14)13(2)5-4-10-16-15-8-9-15/h13-16H,3-12H2,1-2H3. The third kappa shape index (κ3) is 5.39. The molecule has 0 aromatic carbocycles.